The average molecular weight is 356 g/mol. The van der Waals surface area contributed by atoms with Gasteiger partial charge < -0.3 is 4.90 Å². The van der Waals surface area contributed by atoms with Crippen molar-refractivity contribution in [2.45, 2.75) is 46.1 Å². The number of hydrogen-bond acceptors (Lipinski definition) is 3. The third-order valence-electron chi connectivity index (χ3n) is 4.61. The van der Waals surface area contributed by atoms with E-state index in [-0.39, 0.29) is 17.1 Å². The van der Waals surface area contributed by atoms with Crippen LogP contribution in [-0.2, 0) is 6.54 Å². The molecule has 1 heterocycles. The molecule has 21 heavy (non-hydrogen) atoms. The van der Waals surface area contributed by atoms with Crippen LogP contribution in [0.3, 0.4) is 0 Å². The van der Waals surface area contributed by atoms with Gasteiger partial charge in [-0.1, -0.05) is 26.7 Å². The Balaban J connectivity index is 2.24. The summed E-state index contributed by atoms with van der Waals surface area (Å²) in [5.74, 6) is 0.361. The van der Waals surface area contributed by atoms with Crippen molar-refractivity contribution in [2.24, 2.45) is 11.3 Å². The molecule has 1 aromatic rings. The molecule has 4 nitrogen and oxygen atoms in total. The number of Topliss-reactive ketones (excluding diaryl/α,β-unsaturated/α-hetero) is 1. The number of nitrogens with zero attached hydrogens (tertiary/aromatic N) is 3. The average Bonchev–Trinajstić information content (AvgIpc) is 2.76. The lowest BCUT2D eigenvalue weighted by Crippen LogP contribution is -2.35. The third kappa shape index (κ3) is 3.75. The highest BCUT2D eigenvalue weighted by molar-refractivity contribution is 9.10. The minimum Gasteiger partial charge on any atom is -0.308 e. The number of halogens is 1. The SMILES string of the molecule is CN(C)CCn1ncc(Br)c1C(=O)C1CCCCC1(C)C. The zero-order chi connectivity index (χ0) is 15.6. The molecule has 0 aromatic carbocycles. The Hall–Kier alpha value is -0.680. The second-order valence-electron chi connectivity index (χ2n) is 7.02. The van der Waals surface area contributed by atoms with Crippen molar-refractivity contribution in [2.75, 3.05) is 20.6 Å². The van der Waals surface area contributed by atoms with Gasteiger partial charge in [0.05, 0.1) is 17.2 Å². The fourth-order valence-electron chi connectivity index (χ4n) is 3.22. The Labute approximate surface area is 136 Å². The molecule has 1 atom stereocenters. The highest BCUT2D eigenvalue weighted by Gasteiger charge is 2.39. The summed E-state index contributed by atoms with van der Waals surface area (Å²) in [7, 11) is 4.06. The second kappa shape index (κ2) is 6.61. The van der Waals surface area contributed by atoms with Gasteiger partial charge in [-0.25, -0.2) is 0 Å². The van der Waals surface area contributed by atoms with Gasteiger partial charge in [-0.05, 0) is 48.3 Å². The number of rotatable bonds is 5. The van der Waals surface area contributed by atoms with Crippen LogP contribution in [0, 0.1) is 11.3 Å². The van der Waals surface area contributed by atoms with Crippen molar-refractivity contribution < 1.29 is 4.79 Å². The molecule has 1 saturated carbocycles. The molecule has 0 spiro atoms. The van der Waals surface area contributed by atoms with Crippen LogP contribution >= 0.6 is 15.9 Å². The van der Waals surface area contributed by atoms with Crippen LogP contribution in [0.1, 0.15) is 50.0 Å². The highest BCUT2D eigenvalue weighted by Crippen LogP contribution is 2.42. The van der Waals surface area contributed by atoms with E-state index in [1.165, 1.54) is 6.42 Å². The molecule has 5 heteroatoms. The molecule has 1 aliphatic carbocycles. The lowest BCUT2D eigenvalue weighted by molar-refractivity contribution is 0.0684. The van der Waals surface area contributed by atoms with E-state index >= 15 is 0 Å². The normalized spacial score (nSPS) is 21.7. The Bertz CT molecular complexity index is 508. The monoisotopic (exact) mass is 355 g/mol. The van der Waals surface area contributed by atoms with E-state index in [0.717, 1.165) is 42.5 Å². The fourth-order valence-corrected chi connectivity index (χ4v) is 3.71. The van der Waals surface area contributed by atoms with Gasteiger partial charge in [0.1, 0.15) is 5.69 Å². The van der Waals surface area contributed by atoms with Gasteiger partial charge in [-0.15, -0.1) is 0 Å². The zero-order valence-corrected chi connectivity index (χ0v) is 15.1. The minimum absolute atomic E-state index is 0.0887. The number of hydrogen-bond donors (Lipinski definition) is 0. The summed E-state index contributed by atoms with van der Waals surface area (Å²) in [4.78, 5) is 15.2. The van der Waals surface area contributed by atoms with Crippen molar-refractivity contribution in [1.29, 1.82) is 0 Å². The van der Waals surface area contributed by atoms with E-state index in [2.05, 4.69) is 39.8 Å². The van der Waals surface area contributed by atoms with E-state index in [1.807, 2.05) is 18.8 Å². The first kappa shape index (κ1) is 16.7. The van der Waals surface area contributed by atoms with Crippen molar-refractivity contribution in [3.63, 3.8) is 0 Å². The molecule has 0 radical (unpaired) electrons. The van der Waals surface area contributed by atoms with Crippen LogP contribution in [-0.4, -0.2) is 41.1 Å². The highest BCUT2D eigenvalue weighted by atomic mass is 79.9. The van der Waals surface area contributed by atoms with Crippen LogP contribution in [0.25, 0.3) is 0 Å². The zero-order valence-electron chi connectivity index (χ0n) is 13.5. The van der Waals surface area contributed by atoms with Gasteiger partial charge >= 0.3 is 0 Å². The molecule has 1 fully saturated rings. The largest absolute Gasteiger partial charge is 0.308 e. The smallest absolute Gasteiger partial charge is 0.185 e. The summed E-state index contributed by atoms with van der Waals surface area (Å²) in [6.45, 7) is 6.07. The van der Waals surface area contributed by atoms with E-state index in [0.29, 0.717) is 0 Å². The molecule has 0 N–H and O–H groups in total. The summed E-state index contributed by atoms with van der Waals surface area (Å²) < 4.78 is 2.68. The molecular formula is C16H26BrN3O. The van der Waals surface area contributed by atoms with Crippen molar-refractivity contribution in [1.82, 2.24) is 14.7 Å². The summed E-state index contributed by atoms with van der Waals surface area (Å²) in [5, 5.41) is 4.37. The number of likely N-dealkylation sites (N-methyl/N-ethyl adjacent to an activating group) is 1. The van der Waals surface area contributed by atoms with Crippen molar-refractivity contribution >= 4 is 21.7 Å². The quantitative estimate of drug-likeness (QED) is 0.757. The predicted molar refractivity (Wildman–Crippen MR) is 88.6 cm³/mol. The molecule has 0 aliphatic heterocycles. The number of carbonyl (C=O) groups excluding carboxylic acids is 1. The molecule has 1 unspecified atom stereocenters. The minimum atomic E-state index is 0.0887. The summed E-state index contributed by atoms with van der Waals surface area (Å²) >= 11 is 3.51. The Morgan fingerprint density at radius 2 is 2.19 bits per heavy atom. The number of aromatic nitrogens is 2. The maximum absolute atomic E-state index is 13.1. The van der Waals surface area contributed by atoms with Gasteiger partial charge in [0.15, 0.2) is 5.78 Å². The third-order valence-corrected chi connectivity index (χ3v) is 5.19. The molecule has 2 rings (SSSR count). The van der Waals surface area contributed by atoms with Crippen molar-refractivity contribution in [3.8, 4) is 0 Å². The Kier molecular flexibility index (Phi) is 5.25. The van der Waals surface area contributed by atoms with Gasteiger partial charge in [0.25, 0.3) is 0 Å². The molecule has 1 aromatic heterocycles. The van der Waals surface area contributed by atoms with Crippen LogP contribution in [0.5, 0.6) is 0 Å². The molecule has 0 saturated heterocycles. The van der Waals surface area contributed by atoms with Crippen LogP contribution in [0.4, 0.5) is 0 Å². The first-order valence-corrected chi connectivity index (χ1v) is 8.52. The van der Waals surface area contributed by atoms with E-state index in [1.54, 1.807) is 6.20 Å². The maximum atomic E-state index is 13.1. The van der Waals surface area contributed by atoms with E-state index in [4.69, 9.17) is 0 Å². The predicted octanol–water partition coefficient (Wildman–Crippen LogP) is 3.61. The molecule has 0 amide bonds. The van der Waals surface area contributed by atoms with Gasteiger partial charge in [0, 0.05) is 12.5 Å². The van der Waals surface area contributed by atoms with Gasteiger partial charge in [-0.3, -0.25) is 9.48 Å². The Morgan fingerprint density at radius 1 is 1.48 bits per heavy atom. The lowest BCUT2D eigenvalue weighted by Gasteiger charge is -2.37. The summed E-state index contributed by atoms with van der Waals surface area (Å²) in [5.41, 5.74) is 0.836. The van der Waals surface area contributed by atoms with Crippen LogP contribution < -0.4 is 0 Å². The molecular weight excluding hydrogens is 330 g/mol. The van der Waals surface area contributed by atoms with Crippen molar-refractivity contribution in [3.05, 3.63) is 16.4 Å². The van der Waals surface area contributed by atoms with E-state index in [9.17, 15) is 4.79 Å². The van der Waals surface area contributed by atoms with Gasteiger partial charge in [0.2, 0.25) is 0 Å². The Morgan fingerprint density at radius 3 is 2.81 bits per heavy atom. The van der Waals surface area contributed by atoms with Crippen LogP contribution in [0.2, 0.25) is 0 Å². The lowest BCUT2D eigenvalue weighted by atomic mass is 9.67. The second-order valence-corrected chi connectivity index (χ2v) is 7.87. The first-order valence-electron chi connectivity index (χ1n) is 7.73. The number of ketones is 1. The molecule has 1 aliphatic rings. The first-order chi connectivity index (χ1) is 9.83. The van der Waals surface area contributed by atoms with E-state index < -0.39 is 0 Å². The summed E-state index contributed by atoms with van der Waals surface area (Å²) in [6, 6.07) is 0. The topological polar surface area (TPSA) is 38.1 Å². The fraction of sp³-hybridized carbons (Fsp3) is 0.750. The summed E-state index contributed by atoms with van der Waals surface area (Å²) in [6.07, 6.45) is 6.27. The van der Waals surface area contributed by atoms with Crippen LogP contribution in [0.15, 0.2) is 10.7 Å². The van der Waals surface area contributed by atoms with Gasteiger partial charge in [-0.2, -0.15) is 5.10 Å². The standard InChI is InChI=1S/C16H26BrN3O/c1-16(2)8-6-5-7-12(16)15(21)14-13(17)11-18-20(14)10-9-19(3)4/h11-12H,5-10H2,1-4H3. The maximum Gasteiger partial charge on any atom is 0.185 e. The number of carbonyl (C=O) groups is 1. The molecule has 118 valence electrons. The molecule has 0 bridgehead atoms.